The molecular formula is C33H53N7O5. The van der Waals surface area contributed by atoms with Crippen LogP contribution < -0.4 is 16.3 Å². The largest absolute Gasteiger partial charge is 0.444 e. The topological polar surface area (TPSA) is 121 Å². The molecule has 2 aliphatic heterocycles. The van der Waals surface area contributed by atoms with E-state index in [-0.39, 0.29) is 36.6 Å². The SMILES string of the molecule is CNC(=O)CCC(C=O)n1c(=O)n(C)c2cc(CCN3CCN(CCCN4CCC(NC(=O)OC(C)(C)C)CC4)CC3)ccc21. The Kier molecular flexibility index (Phi) is 12.2. The third-order valence-corrected chi connectivity index (χ3v) is 9.03. The number of fused-ring (bicyclic) bond motifs is 1. The van der Waals surface area contributed by atoms with Crippen LogP contribution in [-0.4, -0.2) is 120 Å². The summed E-state index contributed by atoms with van der Waals surface area (Å²) in [5, 5.41) is 5.59. The zero-order chi connectivity index (χ0) is 32.6. The van der Waals surface area contributed by atoms with Gasteiger partial charge in [0.05, 0.1) is 17.1 Å². The van der Waals surface area contributed by atoms with Crippen LogP contribution in [-0.2, 0) is 27.8 Å². The second-order valence-electron chi connectivity index (χ2n) is 13.5. The van der Waals surface area contributed by atoms with E-state index < -0.39 is 11.6 Å². The van der Waals surface area contributed by atoms with E-state index in [0.29, 0.717) is 0 Å². The van der Waals surface area contributed by atoms with Gasteiger partial charge >= 0.3 is 11.8 Å². The number of likely N-dealkylation sites (tertiary alicyclic amines) is 1. The molecule has 1 unspecified atom stereocenters. The predicted molar refractivity (Wildman–Crippen MR) is 176 cm³/mol. The van der Waals surface area contributed by atoms with Gasteiger partial charge in [-0.15, -0.1) is 0 Å². The molecule has 1 atom stereocenters. The van der Waals surface area contributed by atoms with E-state index in [1.807, 2.05) is 32.9 Å². The summed E-state index contributed by atoms with van der Waals surface area (Å²) in [5.74, 6) is -0.152. The molecule has 3 heterocycles. The van der Waals surface area contributed by atoms with E-state index in [1.165, 1.54) is 4.57 Å². The van der Waals surface area contributed by atoms with E-state index in [0.717, 1.165) is 107 Å². The Morgan fingerprint density at radius 1 is 0.978 bits per heavy atom. The number of carbonyl (C=O) groups excluding carboxylic acids is 3. The van der Waals surface area contributed by atoms with Crippen LogP contribution in [0.1, 0.15) is 64.5 Å². The number of hydrogen-bond donors (Lipinski definition) is 2. The Hall–Kier alpha value is -3.22. The molecule has 0 radical (unpaired) electrons. The van der Waals surface area contributed by atoms with Crippen LogP contribution >= 0.6 is 0 Å². The van der Waals surface area contributed by atoms with Crippen LogP contribution in [0.2, 0.25) is 0 Å². The number of imidazole rings is 1. The molecule has 12 heteroatoms. The molecule has 2 amide bonds. The van der Waals surface area contributed by atoms with Crippen LogP contribution in [0.15, 0.2) is 23.0 Å². The number of carbonyl (C=O) groups is 3. The van der Waals surface area contributed by atoms with Crippen LogP contribution in [0, 0.1) is 0 Å². The number of aryl methyl sites for hydroxylation is 1. The third-order valence-electron chi connectivity index (χ3n) is 9.03. The number of nitrogens with zero attached hydrogens (tertiary/aromatic N) is 5. The van der Waals surface area contributed by atoms with Gasteiger partial charge in [0, 0.05) is 72.4 Å². The van der Waals surface area contributed by atoms with Crippen molar-refractivity contribution in [3.63, 3.8) is 0 Å². The quantitative estimate of drug-likeness (QED) is 0.324. The van der Waals surface area contributed by atoms with Crippen molar-refractivity contribution in [3.8, 4) is 0 Å². The van der Waals surface area contributed by atoms with E-state index >= 15 is 0 Å². The summed E-state index contributed by atoms with van der Waals surface area (Å²) >= 11 is 0. The first-order chi connectivity index (χ1) is 21.5. The fourth-order valence-corrected chi connectivity index (χ4v) is 6.36. The summed E-state index contributed by atoms with van der Waals surface area (Å²) in [5.41, 5.74) is 1.97. The fraction of sp³-hybridized carbons (Fsp3) is 0.697. The van der Waals surface area contributed by atoms with Crippen LogP contribution in [0.4, 0.5) is 4.79 Å². The molecule has 1 aromatic heterocycles. The van der Waals surface area contributed by atoms with Crippen molar-refractivity contribution in [2.75, 3.05) is 66.0 Å². The first-order valence-electron chi connectivity index (χ1n) is 16.5. The maximum atomic E-state index is 13.0. The highest BCUT2D eigenvalue weighted by atomic mass is 16.6. The number of alkyl carbamates (subject to hydrolysis) is 1. The van der Waals surface area contributed by atoms with Crippen molar-refractivity contribution >= 4 is 29.3 Å². The van der Waals surface area contributed by atoms with E-state index in [1.54, 1.807) is 18.7 Å². The summed E-state index contributed by atoms with van der Waals surface area (Å²) in [7, 11) is 3.30. The van der Waals surface area contributed by atoms with Crippen molar-refractivity contribution in [2.45, 2.75) is 77.0 Å². The first-order valence-corrected chi connectivity index (χ1v) is 16.5. The minimum Gasteiger partial charge on any atom is -0.444 e. The monoisotopic (exact) mass is 627 g/mol. The number of nitrogens with one attached hydrogen (secondary N) is 2. The Balaban J connectivity index is 1.16. The fourth-order valence-electron chi connectivity index (χ4n) is 6.36. The van der Waals surface area contributed by atoms with Gasteiger partial charge in [-0.05, 0) is 83.7 Å². The molecule has 0 bridgehead atoms. The smallest absolute Gasteiger partial charge is 0.407 e. The molecule has 2 fully saturated rings. The van der Waals surface area contributed by atoms with Gasteiger partial charge in [-0.1, -0.05) is 6.07 Å². The molecule has 4 rings (SSSR count). The summed E-state index contributed by atoms with van der Waals surface area (Å²) < 4.78 is 8.50. The number of hydrogen-bond acceptors (Lipinski definition) is 8. The number of ether oxygens (including phenoxy) is 1. The zero-order valence-electron chi connectivity index (χ0n) is 27.8. The van der Waals surface area contributed by atoms with Crippen molar-refractivity contribution in [1.82, 2.24) is 34.5 Å². The maximum absolute atomic E-state index is 13.0. The number of benzene rings is 1. The molecule has 45 heavy (non-hydrogen) atoms. The molecule has 1 aromatic carbocycles. The number of aromatic nitrogens is 2. The number of aldehydes is 1. The average molecular weight is 628 g/mol. The minimum absolute atomic E-state index is 0.152. The van der Waals surface area contributed by atoms with Gasteiger partial charge < -0.3 is 34.9 Å². The van der Waals surface area contributed by atoms with Gasteiger partial charge in [-0.2, -0.15) is 0 Å². The Labute approximate surface area is 267 Å². The third kappa shape index (κ3) is 9.88. The summed E-state index contributed by atoms with van der Waals surface area (Å²) in [6.07, 6.45) is 4.88. The lowest BCUT2D eigenvalue weighted by atomic mass is 10.1. The Morgan fingerprint density at radius 2 is 1.60 bits per heavy atom. The summed E-state index contributed by atoms with van der Waals surface area (Å²) in [4.78, 5) is 56.2. The van der Waals surface area contributed by atoms with E-state index in [2.05, 4.69) is 31.4 Å². The maximum Gasteiger partial charge on any atom is 0.407 e. The van der Waals surface area contributed by atoms with Crippen LogP contribution in [0.3, 0.4) is 0 Å². The predicted octanol–water partition coefficient (Wildman–Crippen LogP) is 2.15. The highest BCUT2D eigenvalue weighted by Gasteiger charge is 2.24. The van der Waals surface area contributed by atoms with Gasteiger partial charge in [-0.3, -0.25) is 13.9 Å². The molecule has 12 nitrogen and oxygen atoms in total. The second-order valence-corrected chi connectivity index (χ2v) is 13.5. The minimum atomic E-state index is -0.680. The van der Waals surface area contributed by atoms with Gasteiger partial charge in [0.15, 0.2) is 0 Å². The summed E-state index contributed by atoms with van der Waals surface area (Å²) in [6, 6.07) is 5.55. The van der Waals surface area contributed by atoms with Crippen molar-refractivity contribution in [1.29, 1.82) is 0 Å². The average Bonchev–Trinajstić information content (AvgIpc) is 3.25. The lowest BCUT2D eigenvalue weighted by molar-refractivity contribution is -0.121. The lowest BCUT2D eigenvalue weighted by Gasteiger charge is -2.36. The van der Waals surface area contributed by atoms with Crippen molar-refractivity contribution in [2.24, 2.45) is 7.05 Å². The molecule has 0 saturated carbocycles. The van der Waals surface area contributed by atoms with Gasteiger partial charge in [-0.25, -0.2) is 9.59 Å². The normalized spacial score (nSPS) is 18.2. The number of amides is 2. The van der Waals surface area contributed by atoms with Crippen LogP contribution in [0.5, 0.6) is 0 Å². The Morgan fingerprint density at radius 3 is 2.20 bits per heavy atom. The lowest BCUT2D eigenvalue weighted by Crippen LogP contribution is -2.48. The molecule has 2 aromatic rings. The van der Waals surface area contributed by atoms with E-state index in [4.69, 9.17) is 4.74 Å². The van der Waals surface area contributed by atoms with Gasteiger partial charge in [0.2, 0.25) is 5.91 Å². The van der Waals surface area contributed by atoms with Crippen molar-refractivity contribution in [3.05, 3.63) is 34.2 Å². The van der Waals surface area contributed by atoms with Gasteiger partial charge in [0.25, 0.3) is 0 Å². The second kappa shape index (κ2) is 15.9. The number of piperazine rings is 1. The Bertz CT molecular complexity index is 1350. The molecule has 2 N–H and O–H groups in total. The molecule has 250 valence electrons. The van der Waals surface area contributed by atoms with Crippen LogP contribution in [0.25, 0.3) is 11.0 Å². The van der Waals surface area contributed by atoms with E-state index in [9.17, 15) is 19.2 Å². The molecule has 0 spiro atoms. The van der Waals surface area contributed by atoms with Gasteiger partial charge in [0.1, 0.15) is 11.9 Å². The molecular weight excluding hydrogens is 574 g/mol. The number of rotatable bonds is 13. The molecule has 0 aliphatic carbocycles. The highest BCUT2D eigenvalue weighted by molar-refractivity contribution is 5.79. The van der Waals surface area contributed by atoms with Crippen molar-refractivity contribution < 1.29 is 19.1 Å². The standard InChI is InChI=1S/C33H53N7O5/c1-33(2,3)45-31(43)35-26-12-17-37(18-13-26)14-6-15-38-19-21-39(22-20-38)16-11-25-7-9-28-29(23-25)36(5)32(44)40(28)27(24-41)8-10-30(42)34-4/h7,9,23-24,26-27H,6,8,10-22H2,1-5H3,(H,34,42)(H,35,43). The zero-order valence-corrected chi connectivity index (χ0v) is 27.8. The highest BCUT2D eigenvalue weighted by Crippen LogP contribution is 2.21. The molecule has 2 saturated heterocycles. The first kappa shape index (κ1) is 34.6. The number of piperidine rings is 1. The molecule has 2 aliphatic rings. The summed E-state index contributed by atoms with van der Waals surface area (Å²) in [6.45, 7) is 15.1.